The van der Waals surface area contributed by atoms with Crippen molar-refractivity contribution in [2.24, 2.45) is 23.2 Å². The van der Waals surface area contributed by atoms with Gasteiger partial charge in [0.15, 0.2) is 6.61 Å². The maximum Gasteiger partial charge on any atom is 0.328 e. The van der Waals surface area contributed by atoms with Crippen LogP contribution in [0.2, 0.25) is 0 Å². The molecule has 0 radical (unpaired) electrons. The molecule has 9 nitrogen and oxygen atoms in total. The fourth-order valence-electron chi connectivity index (χ4n) is 6.26. The molecule has 158 valence electrons. The highest BCUT2D eigenvalue weighted by atomic mass is 16.6. The van der Waals surface area contributed by atoms with Gasteiger partial charge in [-0.3, -0.25) is 24.4 Å². The Bertz CT molecular complexity index is 811. The Labute approximate surface area is 169 Å². The fourth-order valence-corrected chi connectivity index (χ4v) is 6.26. The molecule has 4 aliphatic rings. The summed E-state index contributed by atoms with van der Waals surface area (Å²) in [6.45, 7) is 3.11. The minimum atomic E-state index is -0.643. The first-order chi connectivity index (χ1) is 13.7. The lowest BCUT2D eigenvalue weighted by Gasteiger charge is -2.56. The molecule has 4 bridgehead atoms. The summed E-state index contributed by atoms with van der Waals surface area (Å²) >= 11 is 0. The quantitative estimate of drug-likeness (QED) is 0.423. The molecule has 0 saturated heterocycles. The lowest BCUT2D eigenvalue weighted by atomic mass is 9.49. The molecule has 1 aromatic rings. The van der Waals surface area contributed by atoms with Crippen molar-refractivity contribution in [1.29, 1.82) is 0 Å². The second-order valence-electron chi connectivity index (χ2n) is 9.29. The van der Waals surface area contributed by atoms with Crippen LogP contribution in [0, 0.1) is 47.1 Å². The number of carbonyl (C=O) groups is 2. The highest BCUT2D eigenvalue weighted by Crippen LogP contribution is 2.59. The molecule has 4 saturated carbocycles. The molecular weight excluding hydrogens is 376 g/mol. The van der Waals surface area contributed by atoms with Crippen LogP contribution in [0.25, 0.3) is 0 Å². The Hall–Kier alpha value is -2.45. The van der Waals surface area contributed by atoms with E-state index in [4.69, 9.17) is 4.74 Å². The zero-order chi connectivity index (χ0) is 20.8. The number of ether oxygens (including phenoxy) is 1. The van der Waals surface area contributed by atoms with Crippen LogP contribution in [0.4, 0.5) is 5.69 Å². The number of esters is 1. The predicted octanol–water partition coefficient (Wildman–Crippen LogP) is 2.28. The van der Waals surface area contributed by atoms with Crippen molar-refractivity contribution >= 4 is 17.6 Å². The second kappa shape index (κ2) is 7.42. The zero-order valence-corrected chi connectivity index (χ0v) is 17.0. The fraction of sp³-hybridized carbons (Fsp3) is 0.750. The third-order valence-corrected chi connectivity index (χ3v) is 6.99. The van der Waals surface area contributed by atoms with Crippen LogP contribution in [0.15, 0.2) is 0 Å². The summed E-state index contributed by atoms with van der Waals surface area (Å²) in [7, 11) is 0. The molecule has 1 heterocycles. The van der Waals surface area contributed by atoms with Crippen LogP contribution >= 0.6 is 0 Å². The average molecular weight is 404 g/mol. The molecule has 5 rings (SSSR count). The monoisotopic (exact) mass is 404 g/mol. The van der Waals surface area contributed by atoms with Crippen molar-refractivity contribution in [1.82, 2.24) is 15.1 Å². The zero-order valence-electron chi connectivity index (χ0n) is 17.0. The molecule has 0 atom stereocenters. The van der Waals surface area contributed by atoms with Crippen molar-refractivity contribution in [2.75, 3.05) is 13.2 Å². The van der Waals surface area contributed by atoms with E-state index in [1.807, 2.05) is 0 Å². The van der Waals surface area contributed by atoms with Gasteiger partial charge in [-0.15, -0.1) is 0 Å². The van der Waals surface area contributed by atoms with Crippen LogP contribution in [0.1, 0.15) is 49.9 Å². The molecule has 0 unspecified atom stereocenters. The number of nitrogens with one attached hydrogen (secondary N) is 1. The van der Waals surface area contributed by atoms with Crippen LogP contribution in [0.5, 0.6) is 0 Å². The first-order valence-electron chi connectivity index (χ1n) is 10.4. The van der Waals surface area contributed by atoms with Crippen molar-refractivity contribution in [2.45, 2.75) is 58.9 Å². The van der Waals surface area contributed by atoms with Gasteiger partial charge in [0.05, 0.1) is 4.92 Å². The van der Waals surface area contributed by atoms with Gasteiger partial charge in [-0.05, 0) is 75.5 Å². The molecule has 1 N–H and O–H groups in total. The van der Waals surface area contributed by atoms with E-state index in [9.17, 15) is 19.7 Å². The SMILES string of the molecule is Cc1nn(CC(=O)OCC(=O)NCC23CC4CC(CC(C4)C2)C3)c(C)c1[N+](=O)[O-]. The number of aromatic nitrogens is 2. The van der Waals surface area contributed by atoms with Gasteiger partial charge >= 0.3 is 11.7 Å². The second-order valence-corrected chi connectivity index (χ2v) is 9.29. The number of carbonyl (C=O) groups excluding carboxylic acids is 2. The predicted molar refractivity (Wildman–Crippen MR) is 103 cm³/mol. The largest absolute Gasteiger partial charge is 0.454 e. The number of nitro groups is 1. The summed E-state index contributed by atoms with van der Waals surface area (Å²) in [5.74, 6) is 1.52. The Morgan fingerprint density at radius 2 is 1.79 bits per heavy atom. The van der Waals surface area contributed by atoms with Gasteiger partial charge in [0, 0.05) is 6.54 Å². The van der Waals surface area contributed by atoms with Gasteiger partial charge in [0.2, 0.25) is 0 Å². The van der Waals surface area contributed by atoms with Gasteiger partial charge in [0.25, 0.3) is 5.91 Å². The molecule has 29 heavy (non-hydrogen) atoms. The van der Waals surface area contributed by atoms with E-state index < -0.39 is 10.9 Å². The Morgan fingerprint density at radius 1 is 1.21 bits per heavy atom. The Kier molecular flexibility index (Phi) is 5.08. The van der Waals surface area contributed by atoms with Crippen LogP contribution < -0.4 is 5.32 Å². The van der Waals surface area contributed by atoms with E-state index in [-0.39, 0.29) is 41.5 Å². The molecule has 0 spiro atoms. The van der Waals surface area contributed by atoms with Gasteiger partial charge in [-0.2, -0.15) is 5.10 Å². The maximum absolute atomic E-state index is 12.2. The van der Waals surface area contributed by atoms with Crippen LogP contribution in [-0.2, 0) is 20.9 Å². The minimum Gasteiger partial charge on any atom is -0.454 e. The summed E-state index contributed by atoms with van der Waals surface area (Å²) in [6, 6.07) is 0. The number of amides is 1. The Morgan fingerprint density at radius 3 is 2.31 bits per heavy atom. The van der Waals surface area contributed by atoms with E-state index >= 15 is 0 Å². The topological polar surface area (TPSA) is 116 Å². The number of hydrogen-bond acceptors (Lipinski definition) is 6. The summed E-state index contributed by atoms with van der Waals surface area (Å²) in [5, 5.41) is 18.0. The lowest BCUT2D eigenvalue weighted by molar-refractivity contribution is -0.386. The first kappa shape index (κ1) is 19.8. The van der Waals surface area contributed by atoms with Crippen LogP contribution in [0.3, 0.4) is 0 Å². The number of aryl methyl sites for hydroxylation is 1. The molecule has 0 aromatic carbocycles. The number of nitrogens with zero attached hydrogens (tertiary/aromatic N) is 3. The molecule has 1 aromatic heterocycles. The molecule has 1 amide bonds. The molecular formula is C20H28N4O5. The van der Waals surface area contributed by atoms with Gasteiger partial charge in [0.1, 0.15) is 17.9 Å². The van der Waals surface area contributed by atoms with Gasteiger partial charge in [-0.1, -0.05) is 0 Å². The standard InChI is InChI=1S/C20H28N4O5/c1-12-19(24(27)28)13(2)23(22-12)9-18(26)29-10-17(25)21-11-20-6-14-3-15(7-20)5-16(4-14)8-20/h14-16H,3-11H2,1-2H3,(H,21,25). The summed E-state index contributed by atoms with van der Waals surface area (Å²) < 4.78 is 6.30. The van der Waals surface area contributed by atoms with Gasteiger partial charge < -0.3 is 10.1 Å². The minimum absolute atomic E-state index is 0.105. The van der Waals surface area contributed by atoms with Crippen molar-refractivity contribution in [3.63, 3.8) is 0 Å². The number of rotatable bonds is 7. The van der Waals surface area contributed by atoms with Crippen molar-refractivity contribution in [3.05, 3.63) is 21.5 Å². The van der Waals surface area contributed by atoms with Crippen molar-refractivity contribution in [3.8, 4) is 0 Å². The summed E-state index contributed by atoms with van der Waals surface area (Å²) in [5.41, 5.74) is 0.660. The molecule has 0 aliphatic heterocycles. The maximum atomic E-state index is 12.2. The van der Waals surface area contributed by atoms with Gasteiger partial charge in [-0.25, -0.2) is 0 Å². The highest BCUT2D eigenvalue weighted by Gasteiger charge is 2.50. The van der Waals surface area contributed by atoms with E-state index in [1.54, 1.807) is 0 Å². The van der Waals surface area contributed by atoms with E-state index in [2.05, 4.69) is 10.4 Å². The molecule has 4 fully saturated rings. The van der Waals surface area contributed by atoms with E-state index in [1.165, 1.54) is 57.1 Å². The number of hydrogen-bond donors (Lipinski definition) is 1. The smallest absolute Gasteiger partial charge is 0.328 e. The molecule has 9 heteroatoms. The third-order valence-electron chi connectivity index (χ3n) is 6.99. The van der Waals surface area contributed by atoms with Crippen molar-refractivity contribution < 1.29 is 19.2 Å². The Balaban J connectivity index is 1.24. The highest BCUT2D eigenvalue weighted by molar-refractivity contribution is 5.80. The lowest BCUT2D eigenvalue weighted by Crippen LogP contribution is -2.51. The summed E-state index contributed by atoms with van der Waals surface area (Å²) in [4.78, 5) is 34.8. The van der Waals surface area contributed by atoms with E-state index in [0.29, 0.717) is 6.54 Å². The normalized spacial score (nSPS) is 29.7. The third kappa shape index (κ3) is 4.00. The van der Waals surface area contributed by atoms with Crippen LogP contribution in [-0.4, -0.2) is 39.7 Å². The average Bonchev–Trinajstić information content (AvgIpc) is 2.90. The summed E-state index contributed by atoms with van der Waals surface area (Å²) in [6.07, 6.45) is 7.68. The first-order valence-corrected chi connectivity index (χ1v) is 10.4. The van der Waals surface area contributed by atoms with E-state index in [0.717, 1.165) is 17.8 Å². The molecule has 4 aliphatic carbocycles.